The lowest BCUT2D eigenvalue weighted by Crippen LogP contribution is -2.29. The summed E-state index contributed by atoms with van der Waals surface area (Å²) in [6.07, 6.45) is 2.12. The molecule has 23 heavy (non-hydrogen) atoms. The molecule has 0 radical (unpaired) electrons. The Morgan fingerprint density at radius 1 is 1.13 bits per heavy atom. The predicted octanol–water partition coefficient (Wildman–Crippen LogP) is 3.41. The number of para-hydroxylation sites is 2. The molecule has 0 bridgehead atoms. The summed E-state index contributed by atoms with van der Waals surface area (Å²) in [5, 5.41) is 4.14. The first kappa shape index (κ1) is 14.8. The van der Waals surface area contributed by atoms with Gasteiger partial charge in [-0.2, -0.15) is 0 Å². The number of hydrogen-bond acceptors (Lipinski definition) is 3. The van der Waals surface area contributed by atoms with E-state index in [4.69, 9.17) is 4.98 Å². The van der Waals surface area contributed by atoms with Gasteiger partial charge < -0.3 is 5.32 Å². The zero-order valence-electron chi connectivity index (χ0n) is 12.5. The highest BCUT2D eigenvalue weighted by Crippen LogP contribution is 2.25. The summed E-state index contributed by atoms with van der Waals surface area (Å²) in [5.74, 6) is 0.815. The number of benzene rings is 2. The van der Waals surface area contributed by atoms with E-state index < -0.39 is 0 Å². The first-order chi connectivity index (χ1) is 11.3. The van der Waals surface area contributed by atoms with Crippen LogP contribution < -0.4 is 10.9 Å². The fraction of sp³-hybridized carbons (Fsp3) is 0.222. The first-order valence-electron chi connectivity index (χ1n) is 7.75. The Labute approximate surface area is 147 Å². The van der Waals surface area contributed by atoms with E-state index in [1.165, 1.54) is 0 Å². The molecule has 4 rings (SSSR count). The van der Waals surface area contributed by atoms with Gasteiger partial charge in [0, 0.05) is 3.57 Å². The Bertz CT molecular complexity index is 915. The first-order valence-corrected chi connectivity index (χ1v) is 8.83. The summed E-state index contributed by atoms with van der Waals surface area (Å²) in [6.45, 7) is 0.971. The molecule has 1 fully saturated rings. The number of rotatable bonds is 2. The highest BCUT2D eigenvalue weighted by Gasteiger charge is 2.24. The van der Waals surface area contributed by atoms with Crippen LogP contribution in [0.2, 0.25) is 0 Å². The van der Waals surface area contributed by atoms with Gasteiger partial charge in [0.15, 0.2) is 0 Å². The van der Waals surface area contributed by atoms with Gasteiger partial charge in [-0.25, -0.2) is 4.98 Å². The Morgan fingerprint density at radius 2 is 1.96 bits per heavy atom. The van der Waals surface area contributed by atoms with E-state index in [0.29, 0.717) is 5.39 Å². The monoisotopic (exact) mass is 417 g/mol. The molecule has 1 aliphatic heterocycles. The molecule has 4 nitrogen and oxygen atoms in total. The SMILES string of the molecule is O=c1c2cccc(I)c2nc([C@@H]2CCCN2)n1-c1ccccc1. The van der Waals surface area contributed by atoms with Crippen LogP contribution in [0.15, 0.2) is 53.3 Å². The second-order valence-electron chi connectivity index (χ2n) is 5.73. The number of nitrogens with zero attached hydrogens (tertiary/aromatic N) is 2. The van der Waals surface area contributed by atoms with Gasteiger partial charge in [0.2, 0.25) is 0 Å². The standard InChI is InChI=1S/C18H16IN3O/c19-14-9-4-8-13-16(14)21-17(15-10-5-11-20-15)22(18(13)23)12-6-2-1-3-7-12/h1-4,6-9,15,20H,5,10-11H2/t15-/m0/s1. The molecular formula is C18H16IN3O. The van der Waals surface area contributed by atoms with Crippen LogP contribution in [0.5, 0.6) is 0 Å². The van der Waals surface area contributed by atoms with E-state index in [1.54, 1.807) is 4.57 Å². The zero-order valence-corrected chi connectivity index (χ0v) is 14.7. The van der Waals surface area contributed by atoms with Crippen LogP contribution in [0.25, 0.3) is 16.6 Å². The van der Waals surface area contributed by atoms with Crippen LogP contribution in [0.4, 0.5) is 0 Å². The highest BCUT2D eigenvalue weighted by atomic mass is 127. The van der Waals surface area contributed by atoms with E-state index >= 15 is 0 Å². The highest BCUT2D eigenvalue weighted by molar-refractivity contribution is 14.1. The number of fused-ring (bicyclic) bond motifs is 1. The molecule has 1 aliphatic rings. The molecular weight excluding hydrogens is 401 g/mol. The summed E-state index contributed by atoms with van der Waals surface area (Å²) in [6, 6.07) is 15.7. The maximum atomic E-state index is 13.2. The van der Waals surface area contributed by atoms with Crippen LogP contribution >= 0.6 is 22.6 Å². The lowest BCUT2D eigenvalue weighted by Gasteiger charge is -2.18. The van der Waals surface area contributed by atoms with Crippen molar-refractivity contribution in [3.05, 3.63) is 68.3 Å². The minimum Gasteiger partial charge on any atom is -0.307 e. The zero-order chi connectivity index (χ0) is 15.8. The molecule has 3 aromatic rings. The molecule has 2 heterocycles. The second-order valence-corrected chi connectivity index (χ2v) is 6.89. The molecule has 0 amide bonds. The van der Waals surface area contributed by atoms with Gasteiger partial charge in [0.05, 0.1) is 22.6 Å². The molecule has 2 aromatic carbocycles. The lowest BCUT2D eigenvalue weighted by atomic mass is 10.1. The van der Waals surface area contributed by atoms with Crippen molar-refractivity contribution in [3.8, 4) is 5.69 Å². The Balaban J connectivity index is 2.07. The fourth-order valence-corrected chi connectivity index (χ4v) is 3.77. The second kappa shape index (κ2) is 6.05. The van der Waals surface area contributed by atoms with Crippen molar-refractivity contribution in [2.45, 2.75) is 18.9 Å². The largest absolute Gasteiger partial charge is 0.307 e. The van der Waals surface area contributed by atoms with E-state index in [-0.39, 0.29) is 11.6 Å². The van der Waals surface area contributed by atoms with Crippen LogP contribution in [0.3, 0.4) is 0 Å². The van der Waals surface area contributed by atoms with Crippen molar-refractivity contribution >= 4 is 33.5 Å². The summed E-state index contributed by atoms with van der Waals surface area (Å²) >= 11 is 2.25. The number of nitrogens with one attached hydrogen (secondary N) is 1. The minimum absolute atomic E-state index is 0.00316. The summed E-state index contributed by atoms with van der Waals surface area (Å²) < 4.78 is 2.78. The molecule has 5 heteroatoms. The molecule has 1 N–H and O–H groups in total. The van der Waals surface area contributed by atoms with E-state index in [2.05, 4.69) is 27.9 Å². The van der Waals surface area contributed by atoms with Gasteiger partial charge in [-0.1, -0.05) is 24.3 Å². The Kier molecular flexibility index (Phi) is 3.90. The van der Waals surface area contributed by atoms with Crippen molar-refractivity contribution in [2.75, 3.05) is 6.54 Å². The lowest BCUT2D eigenvalue weighted by molar-refractivity contribution is 0.584. The van der Waals surface area contributed by atoms with Gasteiger partial charge in [-0.05, 0) is 66.2 Å². The maximum Gasteiger partial charge on any atom is 0.266 e. The van der Waals surface area contributed by atoms with E-state index in [0.717, 1.165) is 40.0 Å². The minimum atomic E-state index is 0.00316. The van der Waals surface area contributed by atoms with Crippen molar-refractivity contribution in [3.63, 3.8) is 0 Å². The third-order valence-corrected chi connectivity index (χ3v) is 5.13. The van der Waals surface area contributed by atoms with Crippen LogP contribution in [0.1, 0.15) is 24.7 Å². The molecule has 1 saturated heterocycles. The molecule has 1 atom stereocenters. The smallest absolute Gasteiger partial charge is 0.266 e. The summed E-state index contributed by atoms with van der Waals surface area (Å²) in [4.78, 5) is 18.0. The number of halogens is 1. The van der Waals surface area contributed by atoms with Gasteiger partial charge in [-0.15, -0.1) is 0 Å². The molecule has 1 aromatic heterocycles. The summed E-state index contributed by atoms with van der Waals surface area (Å²) in [7, 11) is 0. The normalized spacial score (nSPS) is 17.7. The van der Waals surface area contributed by atoms with Crippen molar-refractivity contribution in [1.82, 2.24) is 14.9 Å². The average Bonchev–Trinajstić information content (AvgIpc) is 3.11. The summed E-state index contributed by atoms with van der Waals surface area (Å²) in [5.41, 5.74) is 1.67. The van der Waals surface area contributed by atoms with Gasteiger partial charge in [0.25, 0.3) is 5.56 Å². The average molecular weight is 417 g/mol. The molecule has 0 saturated carbocycles. The van der Waals surface area contributed by atoms with Crippen LogP contribution in [-0.4, -0.2) is 16.1 Å². The predicted molar refractivity (Wildman–Crippen MR) is 100 cm³/mol. The van der Waals surface area contributed by atoms with E-state index in [1.807, 2.05) is 48.5 Å². The molecule has 0 unspecified atom stereocenters. The van der Waals surface area contributed by atoms with Crippen molar-refractivity contribution in [1.29, 1.82) is 0 Å². The number of hydrogen-bond donors (Lipinski definition) is 1. The molecule has 0 spiro atoms. The van der Waals surface area contributed by atoms with Gasteiger partial charge in [0.1, 0.15) is 5.82 Å². The Hall–Kier alpha value is -1.73. The quantitative estimate of drug-likeness (QED) is 0.651. The van der Waals surface area contributed by atoms with Gasteiger partial charge in [-0.3, -0.25) is 9.36 Å². The maximum absolute atomic E-state index is 13.2. The van der Waals surface area contributed by atoms with Gasteiger partial charge >= 0.3 is 0 Å². The van der Waals surface area contributed by atoms with Crippen LogP contribution in [0, 0.1) is 3.57 Å². The molecule has 116 valence electrons. The third-order valence-electron chi connectivity index (χ3n) is 4.26. The topological polar surface area (TPSA) is 46.9 Å². The Morgan fingerprint density at radius 3 is 2.70 bits per heavy atom. The van der Waals surface area contributed by atoms with Crippen LogP contribution in [-0.2, 0) is 0 Å². The third kappa shape index (κ3) is 2.57. The number of aromatic nitrogens is 2. The van der Waals surface area contributed by atoms with Crippen molar-refractivity contribution < 1.29 is 0 Å². The van der Waals surface area contributed by atoms with E-state index in [9.17, 15) is 4.79 Å². The van der Waals surface area contributed by atoms with Crippen molar-refractivity contribution in [2.24, 2.45) is 0 Å². The fourth-order valence-electron chi connectivity index (χ4n) is 3.16. The molecule has 0 aliphatic carbocycles.